The van der Waals surface area contributed by atoms with Gasteiger partial charge in [-0.25, -0.2) is 13.4 Å². The number of piperidine rings is 1. The SMILES string of the molecule is COc1ccc(-c2csc(N3CCC(S(=O)(=O)c4cc(Cl)cc(Cl)c4)CC3)n2)c(OC)c1. The molecule has 0 N–H and O–H groups in total. The molecule has 1 aromatic heterocycles. The van der Waals surface area contributed by atoms with Gasteiger partial charge >= 0.3 is 0 Å². The average molecular weight is 513 g/mol. The topological polar surface area (TPSA) is 68.7 Å². The number of methoxy groups -OCH3 is 2. The second-order valence-electron chi connectivity index (χ2n) is 7.42. The van der Waals surface area contributed by atoms with E-state index in [1.807, 2.05) is 23.6 Å². The molecular weight excluding hydrogens is 491 g/mol. The molecule has 0 aliphatic carbocycles. The van der Waals surface area contributed by atoms with Crippen molar-refractivity contribution < 1.29 is 17.9 Å². The molecule has 0 unspecified atom stereocenters. The lowest BCUT2D eigenvalue weighted by Crippen LogP contribution is -2.39. The molecule has 3 aromatic rings. The van der Waals surface area contributed by atoms with Crippen LogP contribution in [0.3, 0.4) is 0 Å². The second kappa shape index (κ2) is 9.47. The summed E-state index contributed by atoms with van der Waals surface area (Å²) in [5.41, 5.74) is 1.69. The molecule has 4 rings (SSSR count). The van der Waals surface area contributed by atoms with Crippen molar-refractivity contribution in [2.45, 2.75) is 23.0 Å². The Morgan fingerprint density at radius 3 is 2.34 bits per heavy atom. The van der Waals surface area contributed by atoms with Gasteiger partial charge in [-0.1, -0.05) is 23.2 Å². The number of aromatic nitrogens is 1. The normalized spacial score (nSPS) is 15.1. The number of hydrogen-bond donors (Lipinski definition) is 0. The first kappa shape index (κ1) is 23.2. The van der Waals surface area contributed by atoms with Crippen LogP contribution in [0.5, 0.6) is 11.5 Å². The predicted molar refractivity (Wildman–Crippen MR) is 130 cm³/mol. The smallest absolute Gasteiger partial charge is 0.185 e. The Balaban J connectivity index is 1.48. The molecule has 1 fully saturated rings. The highest BCUT2D eigenvalue weighted by atomic mass is 35.5. The second-order valence-corrected chi connectivity index (χ2v) is 11.4. The van der Waals surface area contributed by atoms with Gasteiger partial charge in [0.2, 0.25) is 0 Å². The van der Waals surface area contributed by atoms with Crippen LogP contribution in [0.4, 0.5) is 5.13 Å². The lowest BCUT2D eigenvalue weighted by atomic mass is 10.1. The number of anilines is 1. The summed E-state index contributed by atoms with van der Waals surface area (Å²) in [6.45, 7) is 1.20. The van der Waals surface area contributed by atoms with E-state index in [2.05, 4.69) is 4.90 Å². The molecule has 1 aliphatic heterocycles. The number of rotatable bonds is 6. The molecule has 1 saturated heterocycles. The van der Waals surface area contributed by atoms with Crippen LogP contribution in [0.1, 0.15) is 12.8 Å². The van der Waals surface area contributed by atoms with Crippen LogP contribution in [0.25, 0.3) is 11.3 Å². The van der Waals surface area contributed by atoms with Crippen molar-refractivity contribution in [2.24, 2.45) is 0 Å². The summed E-state index contributed by atoms with van der Waals surface area (Å²) in [4.78, 5) is 7.08. The molecule has 0 saturated carbocycles. The van der Waals surface area contributed by atoms with Crippen molar-refractivity contribution in [3.05, 3.63) is 51.8 Å². The van der Waals surface area contributed by atoms with Gasteiger partial charge in [0.1, 0.15) is 11.5 Å². The summed E-state index contributed by atoms with van der Waals surface area (Å²) in [5, 5.41) is 3.00. The summed E-state index contributed by atoms with van der Waals surface area (Å²) in [5.74, 6) is 1.40. The number of benzene rings is 2. The van der Waals surface area contributed by atoms with Gasteiger partial charge in [-0.15, -0.1) is 11.3 Å². The van der Waals surface area contributed by atoms with Crippen LogP contribution in [0.2, 0.25) is 10.0 Å². The number of thiazole rings is 1. The van der Waals surface area contributed by atoms with Crippen molar-refractivity contribution in [2.75, 3.05) is 32.2 Å². The minimum Gasteiger partial charge on any atom is -0.497 e. The third kappa shape index (κ3) is 4.69. The fraction of sp³-hybridized carbons (Fsp3) is 0.318. The van der Waals surface area contributed by atoms with Crippen molar-refractivity contribution in [1.29, 1.82) is 0 Å². The number of ether oxygens (including phenoxy) is 2. The first-order chi connectivity index (χ1) is 15.3. The predicted octanol–water partition coefficient (Wildman–Crippen LogP) is 5.58. The molecule has 2 aromatic carbocycles. The Kier molecular flexibility index (Phi) is 6.86. The number of nitrogens with zero attached hydrogens (tertiary/aromatic N) is 2. The van der Waals surface area contributed by atoms with Gasteiger partial charge in [-0.2, -0.15) is 0 Å². The summed E-state index contributed by atoms with van der Waals surface area (Å²) < 4.78 is 36.9. The molecular formula is C22H22Cl2N2O4S2. The summed E-state index contributed by atoms with van der Waals surface area (Å²) in [6.07, 6.45) is 1.01. The van der Waals surface area contributed by atoms with Crippen molar-refractivity contribution in [1.82, 2.24) is 4.98 Å². The molecule has 32 heavy (non-hydrogen) atoms. The zero-order valence-corrected chi connectivity index (χ0v) is 20.7. The van der Waals surface area contributed by atoms with E-state index >= 15 is 0 Å². The average Bonchev–Trinajstić information content (AvgIpc) is 3.28. The van der Waals surface area contributed by atoms with Gasteiger partial charge in [-0.3, -0.25) is 0 Å². The molecule has 0 bridgehead atoms. The highest BCUT2D eigenvalue weighted by Gasteiger charge is 2.32. The van der Waals surface area contributed by atoms with E-state index in [0.29, 0.717) is 47.5 Å². The van der Waals surface area contributed by atoms with Crippen LogP contribution in [0.15, 0.2) is 46.7 Å². The summed E-state index contributed by atoms with van der Waals surface area (Å²) in [6, 6.07) is 10.1. The Bertz CT molecular complexity index is 1200. The van der Waals surface area contributed by atoms with Gasteiger partial charge < -0.3 is 14.4 Å². The van der Waals surface area contributed by atoms with Crippen LogP contribution < -0.4 is 14.4 Å². The highest BCUT2D eigenvalue weighted by Crippen LogP contribution is 2.37. The van der Waals surface area contributed by atoms with Gasteiger partial charge in [-0.05, 0) is 43.2 Å². The monoisotopic (exact) mass is 512 g/mol. The minimum atomic E-state index is -3.51. The van der Waals surface area contributed by atoms with E-state index in [1.165, 1.54) is 29.5 Å². The van der Waals surface area contributed by atoms with Gasteiger partial charge in [0.25, 0.3) is 0 Å². The van der Waals surface area contributed by atoms with E-state index in [9.17, 15) is 8.42 Å². The van der Waals surface area contributed by atoms with E-state index in [4.69, 9.17) is 37.7 Å². The lowest BCUT2D eigenvalue weighted by Gasteiger charge is -2.31. The third-order valence-electron chi connectivity index (χ3n) is 5.49. The molecule has 0 atom stereocenters. The third-order valence-corrected chi connectivity index (χ3v) is 9.07. The van der Waals surface area contributed by atoms with E-state index < -0.39 is 15.1 Å². The molecule has 6 nitrogen and oxygen atoms in total. The fourth-order valence-electron chi connectivity index (χ4n) is 3.79. The van der Waals surface area contributed by atoms with E-state index in [1.54, 1.807) is 14.2 Å². The zero-order chi connectivity index (χ0) is 22.9. The molecule has 10 heteroatoms. The Hall–Kier alpha value is -2.00. The maximum absolute atomic E-state index is 13.1. The first-order valence-corrected chi connectivity index (χ1v) is 13.1. The summed E-state index contributed by atoms with van der Waals surface area (Å²) in [7, 11) is -0.281. The molecule has 2 heterocycles. The number of hydrogen-bond acceptors (Lipinski definition) is 7. The van der Waals surface area contributed by atoms with Crippen molar-refractivity contribution >= 4 is 49.5 Å². The molecule has 1 aliphatic rings. The van der Waals surface area contributed by atoms with E-state index in [0.717, 1.165) is 16.4 Å². The number of halogens is 2. The Labute approximate surface area is 201 Å². The van der Waals surface area contributed by atoms with Crippen molar-refractivity contribution in [3.8, 4) is 22.8 Å². The van der Waals surface area contributed by atoms with Crippen molar-refractivity contribution in [3.63, 3.8) is 0 Å². The number of sulfone groups is 1. The lowest BCUT2D eigenvalue weighted by molar-refractivity contribution is 0.395. The highest BCUT2D eigenvalue weighted by molar-refractivity contribution is 7.92. The summed E-state index contributed by atoms with van der Waals surface area (Å²) >= 11 is 13.6. The van der Waals surface area contributed by atoms with E-state index in [-0.39, 0.29) is 4.90 Å². The molecule has 0 amide bonds. The minimum absolute atomic E-state index is 0.177. The van der Waals surface area contributed by atoms with Gasteiger partial charge in [0.15, 0.2) is 15.0 Å². The standard InChI is InChI=1S/C22H22Cl2N2O4S2/c1-29-16-3-4-19(21(12-16)30-2)20-13-31-22(25-20)26-7-5-17(6-8-26)32(27,28)18-10-14(23)9-15(24)11-18/h3-4,9-13,17H,5-8H2,1-2H3. The van der Waals surface area contributed by atoms with Crippen LogP contribution >= 0.6 is 34.5 Å². The largest absolute Gasteiger partial charge is 0.497 e. The zero-order valence-electron chi connectivity index (χ0n) is 17.5. The van der Waals surface area contributed by atoms with Crippen LogP contribution in [-0.2, 0) is 9.84 Å². The van der Waals surface area contributed by atoms with Gasteiger partial charge in [0.05, 0.1) is 30.1 Å². The van der Waals surface area contributed by atoms with Crippen LogP contribution in [-0.4, -0.2) is 46.0 Å². The maximum atomic E-state index is 13.1. The molecule has 0 spiro atoms. The Morgan fingerprint density at radius 2 is 1.72 bits per heavy atom. The quantitative estimate of drug-likeness (QED) is 0.429. The first-order valence-electron chi connectivity index (χ1n) is 9.94. The maximum Gasteiger partial charge on any atom is 0.185 e. The molecule has 0 radical (unpaired) electrons. The van der Waals surface area contributed by atoms with Gasteiger partial charge in [0, 0.05) is 40.1 Å². The van der Waals surface area contributed by atoms with Crippen LogP contribution in [0, 0.1) is 0 Å². The molecule has 170 valence electrons. The Morgan fingerprint density at radius 1 is 1.03 bits per heavy atom. The fourth-order valence-corrected chi connectivity index (χ4v) is 7.12.